The van der Waals surface area contributed by atoms with Crippen molar-refractivity contribution >= 4 is 11.9 Å². The number of hydrogen-bond acceptors (Lipinski definition) is 4. The number of carbonyl (C=O) groups excluding carboxylic acids is 2. The topological polar surface area (TPSA) is 52.6 Å². The zero-order valence-electron chi connectivity index (χ0n) is 8.62. The lowest BCUT2D eigenvalue weighted by Gasteiger charge is -2.21. The fourth-order valence-electron chi connectivity index (χ4n) is 0.977. The number of esters is 2. The van der Waals surface area contributed by atoms with Gasteiger partial charge in [0.05, 0.1) is 14.2 Å². The second kappa shape index (κ2) is 5.25. The second-order valence-corrected chi connectivity index (χ2v) is 2.93. The quantitative estimate of drug-likeness (QED) is 0.385. The molecule has 0 spiro atoms. The molecular formula is C10H14O4. The molecule has 0 radical (unpaired) electrons. The lowest BCUT2D eigenvalue weighted by molar-refractivity contribution is -0.167. The van der Waals surface area contributed by atoms with Gasteiger partial charge in [-0.3, -0.25) is 9.59 Å². The van der Waals surface area contributed by atoms with E-state index in [4.69, 9.17) is 0 Å². The molecule has 0 rings (SSSR count). The molecule has 0 saturated carbocycles. The third-order valence-electron chi connectivity index (χ3n) is 1.93. The monoisotopic (exact) mass is 198 g/mol. The zero-order chi connectivity index (χ0) is 11.2. The maximum atomic E-state index is 11.3. The predicted octanol–water partition coefficient (Wildman–Crippen LogP) is 1.07. The summed E-state index contributed by atoms with van der Waals surface area (Å²) in [6, 6.07) is 0. The third-order valence-corrected chi connectivity index (χ3v) is 1.93. The Hall–Kier alpha value is -1.54. The molecular weight excluding hydrogens is 184 g/mol. The van der Waals surface area contributed by atoms with E-state index in [0.717, 1.165) is 0 Å². The van der Waals surface area contributed by atoms with Gasteiger partial charge in [0.15, 0.2) is 5.41 Å². The molecule has 0 fully saturated rings. The first-order valence-corrected chi connectivity index (χ1v) is 4.04. The van der Waals surface area contributed by atoms with Crippen molar-refractivity contribution in [3.8, 4) is 0 Å². The minimum Gasteiger partial charge on any atom is -0.468 e. The van der Waals surface area contributed by atoms with Crippen LogP contribution < -0.4 is 0 Å². The Morgan fingerprint density at radius 1 is 1.36 bits per heavy atom. The zero-order valence-corrected chi connectivity index (χ0v) is 8.62. The maximum Gasteiger partial charge on any atom is 0.323 e. The van der Waals surface area contributed by atoms with Crippen molar-refractivity contribution in [2.75, 3.05) is 14.2 Å². The first-order chi connectivity index (χ1) is 6.52. The molecule has 4 nitrogen and oxygen atoms in total. The minimum atomic E-state index is -1.31. The highest BCUT2D eigenvalue weighted by Crippen LogP contribution is 2.25. The van der Waals surface area contributed by atoms with Crippen molar-refractivity contribution in [1.82, 2.24) is 0 Å². The van der Waals surface area contributed by atoms with Gasteiger partial charge < -0.3 is 9.47 Å². The fraction of sp³-hybridized carbons (Fsp3) is 0.500. The highest BCUT2D eigenvalue weighted by atomic mass is 16.5. The summed E-state index contributed by atoms with van der Waals surface area (Å²) in [7, 11) is 2.45. The summed E-state index contributed by atoms with van der Waals surface area (Å²) < 4.78 is 9.05. The molecule has 0 amide bonds. The Morgan fingerprint density at radius 3 is 2.07 bits per heavy atom. The average Bonchev–Trinajstić information content (AvgIpc) is 2.23. The summed E-state index contributed by atoms with van der Waals surface area (Å²) >= 11 is 0. The molecule has 0 N–H and O–H groups in total. The van der Waals surface area contributed by atoms with Crippen LogP contribution in [0.5, 0.6) is 0 Å². The Labute approximate surface area is 83.2 Å². The molecule has 0 unspecified atom stereocenters. The van der Waals surface area contributed by atoms with Crippen molar-refractivity contribution < 1.29 is 19.1 Å². The summed E-state index contributed by atoms with van der Waals surface area (Å²) in [6.45, 7) is 4.81. The second-order valence-electron chi connectivity index (χ2n) is 2.93. The standard InChI is InChI=1S/C10H14O4/c1-5-6-7-10(2,8(11)13-3)9(12)14-4/h6H,1,7H2,2-4H3. The van der Waals surface area contributed by atoms with E-state index in [1.54, 1.807) is 0 Å². The van der Waals surface area contributed by atoms with Crippen molar-refractivity contribution in [2.45, 2.75) is 13.3 Å². The van der Waals surface area contributed by atoms with E-state index in [9.17, 15) is 9.59 Å². The van der Waals surface area contributed by atoms with Crippen LogP contribution in [-0.2, 0) is 19.1 Å². The molecule has 14 heavy (non-hydrogen) atoms. The van der Waals surface area contributed by atoms with Crippen LogP contribution in [0.25, 0.3) is 0 Å². The molecule has 0 bridgehead atoms. The Morgan fingerprint density at radius 2 is 1.79 bits per heavy atom. The van der Waals surface area contributed by atoms with Gasteiger partial charge in [-0.25, -0.2) is 0 Å². The lowest BCUT2D eigenvalue weighted by Crippen LogP contribution is -2.38. The van der Waals surface area contributed by atoms with E-state index >= 15 is 0 Å². The van der Waals surface area contributed by atoms with Crippen molar-refractivity contribution in [2.24, 2.45) is 5.41 Å². The molecule has 4 heteroatoms. The summed E-state index contributed by atoms with van der Waals surface area (Å²) in [5, 5.41) is 0. The van der Waals surface area contributed by atoms with Crippen molar-refractivity contribution in [3.05, 3.63) is 18.4 Å². The van der Waals surface area contributed by atoms with Crippen LogP contribution in [0.15, 0.2) is 18.4 Å². The van der Waals surface area contributed by atoms with Crippen LogP contribution in [0.3, 0.4) is 0 Å². The highest BCUT2D eigenvalue weighted by molar-refractivity contribution is 5.99. The van der Waals surface area contributed by atoms with Gasteiger partial charge in [0.25, 0.3) is 0 Å². The molecule has 0 heterocycles. The number of carbonyl (C=O) groups is 2. The largest absolute Gasteiger partial charge is 0.468 e. The normalized spacial score (nSPS) is 9.93. The Bertz CT molecular complexity index is 258. The first kappa shape index (κ1) is 12.5. The molecule has 0 atom stereocenters. The van der Waals surface area contributed by atoms with Crippen LogP contribution in [0.1, 0.15) is 13.3 Å². The molecule has 0 aromatic carbocycles. The fourth-order valence-corrected chi connectivity index (χ4v) is 0.977. The van der Waals surface area contributed by atoms with E-state index in [1.807, 2.05) is 0 Å². The van der Waals surface area contributed by atoms with E-state index in [-0.39, 0.29) is 6.42 Å². The van der Waals surface area contributed by atoms with Crippen LogP contribution >= 0.6 is 0 Å². The van der Waals surface area contributed by atoms with Gasteiger partial charge in [-0.1, -0.05) is 6.58 Å². The summed E-state index contributed by atoms with van der Waals surface area (Å²) in [5.74, 6) is -1.26. The minimum absolute atomic E-state index is 0.163. The van der Waals surface area contributed by atoms with Gasteiger partial charge in [-0.05, 0) is 19.4 Å². The van der Waals surface area contributed by atoms with E-state index in [1.165, 1.54) is 27.2 Å². The molecule has 0 aliphatic carbocycles. The van der Waals surface area contributed by atoms with Crippen molar-refractivity contribution in [3.63, 3.8) is 0 Å². The highest BCUT2D eigenvalue weighted by Gasteiger charge is 2.42. The Kier molecular flexibility index (Phi) is 4.67. The Balaban J connectivity index is 4.92. The first-order valence-electron chi connectivity index (χ1n) is 4.04. The SMILES string of the molecule is C=C=CCC(C)(C(=O)OC)C(=O)OC. The van der Waals surface area contributed by atoms with Gasteiger partial charge in [0.2, 0.25) is 0 Å². The number of hydrogen-bond donors (Lipinski definition) is 0. The summed E-state index contributed by atoms with van der Waals surface area (Å²) in [5.41, 5.74) is 1.18. The van der Waals surface area contributed by atoms with E-state index in [0.29, 0.717) is 0 Å². The summed E-state index contributed by atoms with van der Waals surface area (Å²) in [6.07, 6.45) is 1.66. The number of rotatable bonds is 4. The molecule has 0 aliphatic heterocycles. The number of ether oxygens (including phenoxy) is 2. The number of methoxy groups -OCH3 is 2. The predicted molar refractivity (Wildman–Crippen MR) is 50.5 cm³/mol. The van der Waals surface area contributed by atoms with E-state index < -0.39 is 17.4 Å². The van der Waals surface area contributed by atoms with E-state index in [2.05, 4.69) is 21.8 Å². The van der Waals surface area contributed by atoms with Crippen LogP contribution in [0, 0.1) is 5.41 Å². The van der Waals surface area contributed by atoms with Gasteiger partial charge in [-0.15, -0.1) is 5.73 Å². The molecule has 0 aromatic rings. The third kappa shape index (κ3) is 2.47. The molecule has 0 saturated heterocycles. The molecule has 78 valence electrons. The maximum absolute atomic E-state index is 11.3. The van der Waals surface area contributed by atoms with Crippen LogP contribution in [-0.4, -0.2) is 26.2 Å². The smallest absolute Gasteiger partial charge is 0.323 e. The van der Waals surface area contributed by atoms with Gasteiger partial charge in [0, 0.05) is 0 Å². The van der Waals surface area contributed by atoms with Crippen LogP contribution in [0.2, 0.25) is 0 Å². The summed E-state index contributed by atoms with van der Waals surface area (Å²) in [4.78, 5) is 22.7. The van der Waals surface area contributed by atoms with Crippen molar-refractivity contribution in [1.29, 1.82) is 0 Å². The molecule has 0 aliphatic rings. The average molecular weight is 198 g/mol. The number of allylic oxidation sites excluding steroid dienone is 1. The van der Waals surface area contributed by atoms with Gasteiger partial charge in [-0.2, -0.15) is 0 Å². The molecule has 0 aromatic heterocycles. The van der Waals surface area contributed by atoms with Gasteiger partial charge in [0.1, 0.15) is 0 Å². The van der Waals surface area contributed by atoms with Gasteiger partial charge >= 0.3 is 11.9 Å². The van der Waals surface area contributed by atoms with Crippen LogP contribution in [0.4, 0.5) is 0 Å². The lowest BCUT2D eigenvalue weighted by atomic mass is 9.87.